The number of carbonyl (C=O) groups is 1. The lowest BCUT2D eigenvalue weighted by Crippen LogP contribution is -2.44. The van der Waals surface area contributed by atoms with Gasteiger partial charge in [-0.1, -0.05) is 29.8 Å². The van der Waals surface area contributed by atoms with Crippen LogP contribution in [0.3, 0.4) is 0 Å². The molecule has 1 aromatic carbocycles. The number of aldehydes is 1. The molecule has 1 saturated carbocycles. The fourth-order valence-corrected chi connectivity index (χ4v) is 2.30. The lowest BCUT2D eigenvalue weighted by molar-refractivity contribution is -0.117. The van der Waals surface area contributed by atoms with Crippen molar-refractivity contribution in [3.63, 3.8) is 0 Å². The molecule has 0 bridgehead atoms. The van der Waals surface area contributed by atoms with E-state index in [9.17, 15) is 9.18 Å². The summed E-state index contributed by atoms with van der Waals surface area (Å²) >= 11 is 5.97. The Morgan fingerprint density at radius 3 is 2.57 bits per heavy atom. The molecule has 0 N–H and O–H groups in total. The van der Waals surface area contributed by atoms with E-state index in [-0.39, 0.29) is 12.8 Å². The molecular formula is C11H10ClFO. The Kier molecular flexibility index (Phi) is 2.31. The molecule has 0 unspecified atom stereocenters. The summed E-state index contributed by atoms with van der Waals surface area (Å²) in [4.78, 5) is 11.0. The van der Waals surface area contributed by atoms with Gasteiger partial charge in [0.2, 0.25) is 0 Å². The van der Waals surface area contributed by atoms with Crippen molar-refractivity contribution in [3.8, 4) is 0 Å². The standard InChI is InChI=1S/C11H10ClFO/c12-10-4-2-1-3-9(10)11(7-14)5-8(13)6-11/h1-4,7-8H,5-6H2. The Morgan fingerprint density at radius 1 is 1.43 bits per heavy atom. The normalized spacial score (nSPS) is 30.9. The Balaban J connectivity index is 2.38. The summed E-state index contributed by atoms with van der Waals surface area (Å²) in [5.41, 5.74) is 0.0863. The van der Waals surface area contributed by atoms with Crippen molar-refractivity contribution in [1.29, 1.82) is 0 Å². The van der Waals surface area contributed by atoms with Gasteiger partial charge >= 0.3 is 0 Å². The first-order chi connectivity index (χ1) is 6.68. The Morgan fingerprint density at radius 2 is 2.07 bits per heavy atom. The fraction of sp³-hybridized carbons (Fsp3) is 0.364. The summed E-state index contributed by atoms with van der Waals surface area (Å²) in [6.07, 6.45) is 0.488. The molecule has 2 rings (SSSR count). The quantitative estimate of drug-likeness (QED) is 0.689. The summed E-state index contributed by atoms with van der Waals surface area (Å²) in [6, 6.07) is 7.14. The van der Waals surface area contributed by atoms with Gasteiger partial charge in [-0.05, 0) is 24.5 Å². The smallest absolute Gasteiger partial charge is 0.130 e. The van der Waals surface area contributed by atoms with E-state index in [2.05, 4.69) is 0 Å². The molecule has 1 aromatic rings. The van der Waals surface area contributed by atoms with E-state index in [0.29, 0.717) is 5.02 Å². The van der Waals surface area contributed by atoms with Crippen molar-refractivity contribution in [3.05, 3.63) is 34.9 Å². The topological polar surface area (TPSA) is 17.1 Å². The number of rotatable bonds is 2. The minimum Gasteiger partial charge on any atom is -0.302 e. The van der Waals surface area contributed by atoms with E-state index in [0.717, 1.165) is 11.8 Å². The van der Waals surface area contributed by atoms with Crippen molar-refractivity contribution >= 4 is 17.9 Å². The maximum Gasteiger partial charge on any atom is 0.130 e. The predicted molar refractivity (Wildman–Crippen MR) is 53.3 cm³/mol. The number of alkyl halides is 1. The minimum atomic E-state index is -0.864. The second-order valence-electron chi connectivity index (χ2n) is 3.76. The molecule has 3 heteroatoms. The van der Waals surface area contributed by atoms with Crippen LogP contribution in [0.25, 0.3) is 0 Å². The van der Waals surface area contributed by atoms with Crippen molar-refractivity contribution in [2.75, 3.05) is 0 Å². The van der Waals surface area contributed by atoms with E-state index in [4.69, 9.17) is 11.6 Å². The van der Waals surface area contributed by atoms with Crippen molar-refractivity contribution in [2.45, 2.75) is 24.4 Å². The Hall–Kier alpha value is -0.890. The summed E-state index contributed by atoms with van der Waals surface area (Å²) in [7, 11) is 0. The molecule has 1 fully saturated rings. The van der Waals surface area contributed by atoms with E-state index in [1.807, 2.05) is 6.07 Å². The zero-order valence-corrected chi connectivity index (χ0v) is 8.30. The van der Waals surface area contributed by atoms with Crippen LogP contribution in [0.5, 0.6) is 0 Å². The highest BCUT2D eigenvalue weighted by molar-refractivity contribution is 6.31. The number of hydrogen-bond donors (Lipinski definition) is 0. The van der Waals surface area contributed by atoms with Crippen molar-refractivity contribution in [2.24, 2.45) is 0 Å². The number of carbonyl (C=O) groups excluding carboxylic acids is 1. The predicted octanol–water partition coefficient (Wildman–Crippen LogP) is 2.91. The van der Waals surface area contributed by atoms with Crippen LogP contribution in [0.2, 0.25) is 5.02 Å². The van der Waals surface area contributed by atoms with E-state index in [1.165, 1.54) is 0 Å². The fourth-order valence-electron chi connectivity index (χ4n) is 1.98. The molecule has 1 aliphatic rings. The molecule has 74 valence electrons. The van der Waals surface area contributed by atoms with Gasteiger partial charge in [-0.15, -0.1) is 0 Å². The third-order valence-electron chi connectivity index (χ3n) is 2.81. The van der Waals surface area contributed by atoms with Gasteiger partial charge in [-0.25, -0.2) is 4.39 Å². The summed E-state index contributed by atoms with van der Waals surface area (Å²) < 4.78 is 12.8. The number of benzene rings is 1. The first-order valence-corrected chi connectivity index (χ1v) is 4.91. The molecular weight excluding hydrogens is 203 g/mol. The molecule has 0 radical (unpaired) electrons. The van der Waals surface area contributed by atoms with Crippen LogP contribution in [0.4, 0.5) is 4.39 Å². The van der Waals surface area contributed by atoms with Crippen LogP contribution in [-0.4, -0.2) is 12.5 Å². The second kappa shape index (κ2) is 3.35. The minimum absolute atomic E-state index is 0.264. The maximum atomic E-state index is 12.8. The van der Waals surface area contributed by atoms with Crippen LogP contribution in [0, 0.1) is 0 Å². The average molecular weight is 213 g/mol. The van der Waals surface area contributed by atoms with Gasteiger partial charge in [0.15, 0.2) is 0 Å². The van der Waals surface area contributed by atoms with E-state index < -0.39 is 11.6 Å². The molecule has 0 atom stereocenters. The third kappa shape index (κ3) is 1.34. The zero-order valence-electron chi connectivity index (χ0n) is 7.54. The molecule has 0 spiro atoms. The highest BCUT2D eigenvalue weighted by Crippen LogP contribution is 2.46. The maximum absolute atomic E-state index is 12.8. The van der Waals surface area contributed by atoms with Crippen LogP contribution in [0.1, 0.15) is 18.4 Å². The van der Waals surface area contributed by atoms with Gasteiger partial charge in [0.05, 0.1) is 5.41 Å². The highest BCUT2D eigenvalue weighted by atomic mass is 35.5. The van der Waals surface area contributed by atoms with Crippen LogP contribution in [-0.2, 0) is 10.2 Å². The summed E-state index contributed by atoms with van der Waals surface area (Å²) in [6.45, 7) is 0. The van der Waals surface area contributed by atoms with Gasteiger partial charge in [-0.2, -0.15) is 0 Å². The van der Waals surface area contributed by atoms with Crippen LogP contribution < -0.4 is 0 Å². The Bertz CT molecular complexity index is 358. The average Bonchev–Trinajstić information content (AvgIpc) is 2.14. The number of halogens is 2. The van der Waals surface area contributed by atoms with Crippen molar-refractivity contribution in [1.82, 2.24) is 0 Å². The lowest BCUT2D eigenvalue weighted by atomic mass is 9.64. The molecule has 1 nitrogen and oxygen atoms in total. The van der Waals surface area contributed by atoms with Gasteiger partial charge in [0.1, 0.15) is 12.5 Å². The highest BCUT2D eigenvalue weighted by Gasteiger charge is 2.46. The molecule has 0 aliphatic heterocycles. The largest absolute Gasteiger partial charge is 0.302 e. The van der Waals surface area contributed by atoms with Crippen molar-refractivity contribution < 1.29 is 9.18 Å². The van der Waals surface area contributed by atoms with Gasteiger partial charge in [0, 0.05) is 5.02 Å². The lowest BCUT2D eigenvalue weighted by Gasteiger charge is -2.40. The first kappa shape index (κ1) is 9.66. The first-order valence-electron chi connectivity index (χ1n) is 4.53. The molecule has 0 heterocycles. The Labute approximate surface area is 86.9 Å². The summed E-state index contributed by atoms with van der Waals surface area (Å²) in [5.74, 6) is 0. The molecule has 0 saturated heterocycles. The molecule has 0 aromatic heterocycles. The van der Waals surface area contributed by atoms with E-state index in [1.54, 1.807) is 18.2 Å². The van der Waals surface area contributed by atoms with Crippen LogP contribution >= 0.6 is 11.6 Å². The second-order valence-corrected chi connectivity index (χ2v) is 4.17. The molecule has 0 amide bonds. The van der Waals surface area contributed by atoms with Crippen LogP contribution in [0.15, 0.2) is 24.3 Å². The summed E-state index contributed by atoms with van der Waals surface area (Å²) in [5, 5.41) is 0.548. The SMILES string of the molecule is O=CC1(c2ccccc2Cl)CC(F)C1. The third-order valence-corrected chi connectivity index (χ3v) is 3.14. The monoisotopic (exact) mass is 212 g/mol. The molecule has 14 heavy (non-hydrogen) atoms. The molecule has 1 aliphatic carbocycles. The van der Waals surface area contributed by atoms with Gasteiger partial charge in [0.25, 0.3) is 0 Å². The zero-order chi connectivity index (χ0) is 10.2. The number of hydrogen-bond acceptors (Lipinski definition) is 1. The van der Waals surface area contributed by atoms with E-state index >= 15 is 0 Å². The van der Waals surface area contributed by atoms with Gasteiger partial charge < -0.3 is 4.79 Å². The van der Waals surface area contributed by atoms with Gasteiger partial charge in [-0.3, -0.25) is 0 Å².